The van der Waals surface area contributed by atoms with E-state index in [4.69, 9.17) is 14.7 Å². The molecule has 0 aliphatic carbocycles. The first-order valence-electron chi connectivity index (χ1n) is 6.53. The molecule has 0 fully saturated rings. The Morgan fingerprint density at radius 2 is 2.14 bits per heavy atom. The van der Waals surface area contributed by atoms with Crippen molar-refractivity contribution in [1.82, 2.24) is 4.98 Å². The van der Waals surface area contributed by atoms with Crippen molar-refractivity contribution in [3.8, 4) is 17.3 Å². The summed E-state index contributed by atoms with van der Waals surface area (Å²) in [5, 5.41) is 11.5. The number of rotatable bonds is 6. The number of hydrogen-bond acceptors (Lipinski definition) is 6. The highest BCUT2D eigenvalue weighted by molar-refractivity contribution is 7.10. The standard InChI is InChI=1S/C16H14N2O3S/c1-20-7-8-21-16(19)13(10-17)9-15-18-14(11-22-15)12-5-3-2-4-6-12/h2-6,9,11H,7-8H2,1H3. The maximum atomic E-state index is 11.7. The number of esters is 1. The molecule has 1 aromatic carbocycles. The molecule has 0 radical (unpaired) electrons. The van der Waals surface area contributed by atoms with Crippen molar-refractivity contribution >= 4 is 23.4 Å². The Bertz CT molecular complexity index is 702. The van der Waals surface area contributed by atoms with Crippen molar-refractivity contribution in [2.75, 3.05) is 20.3 Å². The molecule has 6 heteroatoms. The third-order valence-electron chi connectivity index (χ3n) is 2.72. The Morgan fingerprint density at radius 1 is 1.36 bits per heavy atom. The van der Waals surface area contributed by atoms with Crippen LogP contribution in [0.4, 0.5) is 0 Å². The minimum absolute atomic E-state index is 0.0786. The number of nitrogens with zero attached hydrogens (tertiary/aromatic N) is 2. The number of hydrogen-bond donors (Lipinski definition) is 0. The Kier molecular flexibility index (Phi) is 5.83. The molecular weight excluding hydrogens is 300 g/mol. The molecule has 112 valence electrons. The van der Waals surface area contributed by atoms with Gasteiger partial charge in [-0.1, -0.05) is 30.3 Å². The van der Waals surface area contributed by atoms with Crippen molar-refractivity contribution in [1.29, 1.82) is 5.26 Å². The van der Waals surface area contributed by atoms with Crippen molar-refractivity contribution in [2.24, 2.45) is 0 Å². The van der Waals surface area contributed by atoms with Crippen LogP contribution in [0.1, 0.15) is 5.01 Å². The first-order chi connectivity index (χ1) is 10.7. The van der Waals surface area contributed by atoms with Crippen LogP contribution in [-0.2, 0) is 14.3 Å². The Labute approximate surface area is 132 Å². The third kappa shape index (κ3) is 4.25. The fraction of sp³-hybridized carbons (Fsp3) is 0.188. The van der Waals surface area contributed by atoms with Gasteiger partial charge in [0.25, 0.3) is 0 Å². The second-order valence-electron chi connectivity index (χ2n) is 4.24. The van der Waals surface area contributed by atoms with E-state index in [1.165, 1.54) is 24.5 Å². The van der Waals surface area contributed by atoms with Crippen LogP contribution >= 0.6 is 11.3 Å². The molecule has 5 nitrogen and oxygen atoms in total. The number of carbonyl (C=O) groups is 1. The van der Waals surface area contributed by atoms with E-state index in [1.54, 1.807) is 0 Å². The average molecular weight is 314 g/mol. The van der Waals surface area contributed by atoms with Gasteiger partial charge in [0.2, 0.25) is 0 Å². The molecule has 0 saturated heterocycles. The quantitative estimate of drug-likeness (QED) is 0.355. The van der Waals surface area contributed by atoms with Gasteiger partial charge in [-0.15, -0.1) is 11.3 Å². The lowest BCUT2D eigenvalue weighted by Crippen LogP contribution is -2.11. The number of carbonyl (C=O) groups excluding carboxylic acids is 1. The second kappa shape index (κ2) is 8.08. The maximum absolute atomic E-state index is 11.7. The van der Waals surface area contributed by atoms with Crippen LogP contribution in [0.3, 0.4) is 0 Å². The van der Waals surface area contributed by atoms with Crippen LogP contribution in [0, 0.1) is 11.3 Å². The predicted molar refractivity (Wildman–Crippen MR) is 84.0 cm³/mol. The summed E-state index contributed by atoms with van der Waals surface area (Å²) in [6, 6.07) is 11.5. The molecule has 2 aromatic rings. The molecule has 0 saturated carbocycles. The first kappa shape index (κ1) is 15.9. The minimum atomic E-state index is -0.670. The van der Waals surface area contributed by atoms with Crippen molar-refractivity contribution < 1.29 is 14.3 Å². The Morgan fingerprint density at radius 3 is 2.82 bits per heavy atom. The molecule has 0 unspecified atom stereocenters. The van der Waals surface area contributed by atoms with Gasteiger partial charge in [-0.2, -0.15) is 5.26 Å². The molecule has 2 rings (SSSR count). The number of nitriles is 1. The van der Waals surface area contributed by atoms with Gasteiger partial charge in [0.05, 0.1) is 12.3 Å². The number of methoxy groups -OCH3 is 1. The largest absolute Gasteiger partial charge is 0.459 e. The molecule has 0 bridgehead atoms. The molecule has 0 atom stereocenters. The highest BCUT2D eigenvalue weighted by Gasteiger charge is 2.12. The zero-order valence-electron chi connectivity index (χ0n) is 12.0. The van der Waals surface area contributed by atoms with E-state index in [-0.39, 0.29) is 12.2 Å². The number of thiazole rings is 1. The summed E-state index contributed by atoms with van der Waals surface area (Å²) in [6.45, 7) is 0.404. The van der Waals surface area contributed by atoms with Gasteiger partial charge in [-0.25, -0.2) is 9.78 Å². The van der Waals surface area contributed by atoms with Gasteiger partial charge in [0.1, 0.15) is 23.3 Å². The van der Waals surface area contributed by atoms with Crippen LogP contribution < -0.4 is 0 Å². The van der Waals surface area contributed by atoms with E-state index >= 15 is 0 Å². The third-order valence-corrected chi connectivity index (χ3v) is 3.51. The molecule has 1 heterocycles. The van der Waals surface area contributed by atoms with Gasteiger partial charge in [0, 0.05) is 18.1 Å². The highest BCUT2D eigenvalue weighted by atomic mass is 32.1. The van der Waals surface area contributed by atoms with Crippen LogP contribution in [0.5, 0.6) is 0 Å². The van der Waals surface area contributed by atoms with Crippen molar-refractivity contribution in [2.45, 2.75) is 0 Å². The lowest BCUT2D eigenvalue weighted by atomic mass is 10.2. The Hall–Kier alpha value is -2.49. The van der Waals surface area contributed by atoms with Gasteiger partial charge < -0.3 is 9.47 Å². The van der Waals surface area contributed by atoms with E-state index in [0.29, 0.717) is 11.6 Å². The summed E-state index contributed by atoms with van der Waals surface area (Å²) in [5.74, 6) is -0.670. The summed E-state index contributed by atoms with van der Waals surface area (Å²) in [4.78, 5) is 16.1. The van der Waals surface area contributed by atoms with Gasteiger partial charge in [0.15, 0.2) is 0 Å². The van der Waals surface area contributed by atoms with Crippen molar-refractivity contribution in [3.63, 3.8) is 0 Å². The topological polar surface area (TPSA) is 72.2 Å². The highest BCUT2D eigenvalue weighted by Crippen LogP contribution is 2.23. The van der Waals surface area contributed by atoms with E-state index in [9.17, 15) is 4.79 Å². The normalized spacial score (nSPS) is 11.0. The fourth-order valence-corrected chi connectivity index (χ4v) is 2.41. The lowest BCUT2D eigenvalue weighted by molar-refractivity contribution is -0.139. The predicted octanol–water partition coefficient (Wildman–Crippen LogP) is 2.91. The fourth-order valence-electron chi connectivity index (χ4n) is 1.65. The average Bonchev–Trinajstić information content (AvgIpc) is 3.02. The number of aromatic nitrogens is 1. The summed E-state index contributed by atoms with van der Waals surface area (Å²) >= 11 is 1.36. The lowest BCUT2D eigenvalue weighted by Gasteiger charge is -2.01. The molecule has 0 aliphatic heterocycles. The molecular formula is C16H14N2O3S. The van der Waals surface area contributed by atoms with Crippen LogP contribution in [0.25, 0.3) is 17.3 Å². The summed E-state index contributed by atoms with van der Waals surface area (Å²) in [7, 11) is 1.51. The van der Waals surface area contributed by atoms with E-state index in [0.717, 1.165) is 11.3 Å². The zero-order chi connectivity index (χ0) is 15.8. The van der Waals surface area contributed by atoms with E-state index < -0.39 is 5.97 Å². The van der Waals surface area contributed by atoms with Gasteiger partial charge >= 0.3 is 5.97 Å². The molecule has 0 N–H and O–H groups in total. The SMILES string of the molecule is COCCOC(=O)C(C#N)=Cc1nc(-c2ccccc2)cs1. The monoisotopic (exact) mass is 314 g/mol. The van der Waals surface area contributed by atoms with E-state index in [1.807, 2.05) is 41.8 Å². The van der Waals surface area contributed by atoms with Gasteiger partial charge in [-0.3, -0.25) is 0 Å². The summed E-state index contributed by atoms with van der Waals surface area (Å²) in [6.07, 6.45) is 1.44. The van der Waals surface area contributed by atoms with E-state index in [2.05, 4.69) is 4.98 Å². The zero-order valence-corrected chi connectivity index (χ0v) is 12.8. The molecule has 22 heavy (non-hydrogen) atoms. The summed E-state index contributed by atoms with van der Waals surface area (Å²) < 4.78 is 9.71. The van der Waals surface area contributed by atoms with Crippen LogP contribution in [0.15, 0.2) is 41.3 Å². The van der Waals surface area contributed by atoms with Crippen LogP contribution in [0.2, 0.25) is 0 Å². The second-order valence-corrected chi connectivity index (χ2v) is 5.13. The smallest absolute Gasteiger partial charge is 0.349 e. The molecule has 0 aliphatic rings. The maximum Gasteiger partial charge on any atom is 0.349 e. The number of ether oxygens (including phenoxy) is 2. The van der Waals surface area contributed by atoms with Gasteiger partial charge in [-0.05, 0) is 6.08 Å². The summed E-state index contributed by atoms with van der Waals surface area (Å²) in [5.41, 5.74) is 1.71. The molecule has 0 spiro atoms. The van der Waals surface area contributed by atoms with Crippen LogP contribution in [-0.4, -0.2) is 31.3 Å². The minimum Gasteiger partial charge on any atom is -0.459 e. The first-order valence-corrected chi connectivity index (χ1v) is 7.41. The number of benzene rings is 1. The molecule has 0 amide bonds. The molecule has 1 aromatic heterocycles. The Balaban J connectivity index is 2.12. The van der Waals surface area contributed by atoms with Crippen molar-refractivity contribution in [3.05, 3.63) is 46.3 Å².